The van der Waals surface area contributed by atoms with E-state index < -0.39 is 27.3 Å². The van der Waals surface area contributed by atoms with Crippen LogP contribution in [-0.2, 0) is 14.9 Å². The summed E-state index contributed by atoms with van der Waals surface area (Å²) in [7, 11) is -4.33. The van der Waals surface area contributed by atoms with Gasteiger partial charge in [0, 0.05) is 5.56 Å². The Balaban J connectivity index is 1.57. The van der Waals surface area contributed by atoms with Gasteiger partial charge < -0.3 is 18.7 Å². The van der Waals surface area contributed by atoms with E-state index in [0.29, 0.717) is 11.3 Å². The second kappa shape index (κ2) is 8.77. The Morgan fingerprint density at radius 1 is 0.971 bits per heavy atom. The molecule has 0 unspecified atom stereocenters. The van der Waals surface area contributed by atoms with Crippen molar-refractivity contribution < 1.29 is 26.5 Å². The highest BCUT2D eigenvalue weighted by atomic mass is 32.2. The van der Waals surface area contributed by atoms with Gasteiger partial charge in [0.15, 0.2) is 11.4 Å². The summed E-state index contributed by atoms with van der Waals surface area (Å²) in [6.07, 6.45) is 1.64. The fraction of sp³-hybridized carbons (Fsp3) is 0.0769. The van der Waals surface area contributed by atoms with Gasteiger partial charge in [-0.15, -0.1) is 0 Å². The van der Waals surface area contributed by atoms with E-state index in [1.54, 1.807) is 48.5 Å². The summed E-state index contributed by atoms with van der Waals surface area (Å²) in [4.78, 5) is 25.8. The first-order chi connectivity index (χ1) is 16.8. The molecule has 1 aliphatic heterocycles. The van der Waals surface area contributed by atoms with Gasteiger partial charge in [-0.3, -0.25) is 4.79 Å². The van der Waals surface area contributed by atoms with Gasteiger partial charge in [-0.2, -0.15) is 8.42 Å². The van der Waals surface area contributed by atoms with E-state index >= 15 is 0 Å². The normalized spacial score (nSPS) is 12.9. The summed E-state index contributed by atoms with van der Waals surface area (Å²) in [5.74, 6) is -0.356. The van der Waals surface area contributed by atoms with Crippen LogP contribution in [0.3, 0.4) is 0 Å². The molecule has 35 heavy (non-hydrogen) atoms. The van der Waals surface area contributed by atoms with Crippen molar-refractivity contribution in [3.8, 4) is 11.5 Å². The minimum atomic E-state index is -4.33. The average Bonchev–Trinajstić information content (AvgIpc) is 2.86. The van der Waals surface area contributed by atoms with Crippen molar-refractivity contribution >= 4 is 38.8 Å². The maximum atomic E-state index is 13.0. The van der Waals surface area contributed by atoms with Crippen LogP contribution in [0.2, 0.25) is 0 Å². The number of ether oxygens (including phenoxy) is 1. The van der Waals surface area contributed by atoms with Gasteiger partial charge in [0.05, 0.1) is 11.0 Å². The number of carbonyl (C=O) groups excluding carboxylic acids is 1. The number of anilines is 1. The lowest BCUT2D eigenvalue weighted by molar-refractivity contribution is -0.113. The predicted octanol–water partition coefficient (Wildman–Crippen LogP) is 4.28. The summed E-state index contributed by atoms with van der Waals surface area (Å²) in [6.45, 7) is 1.79. The van der Waals surface area contributed by atoms with Crippen molar-refractivity contribution in [2.75, 3.05) is 11.9 Å². The van der Waals surface area contributed by atoms with E-state index in [1.807, 2.05) is 13.0 Å². The maximum absolute atomic E-state index is 13.0. The van der Waals surface area contributed by atoms with Crippen LogP contribution in [0.4, 0.5) is 5.69 Å². The highest BCUT2D eigenvalue weighted by Gasteiger charge is 2.26. The van der Waals surface area contributed by atoms with Crippen LogP contribution in [0.1, 0.15) is 11.1 Å². The van der Waals surface area contributed by atoms with Gasteiger partial charge in [0.25, 0.3) is 5.91 Å². The molecule has 0 aliphatic carbocycles. The second-order valence-electron chi connectivity index (χ2n) is 7.89. The Labute approximate surface area is 200 Å². The Bertz CT molecular complexity index is 1650. The molecular formula is C26H19NO7S. The van der Waals surface area contributed by atoms with Crippen molar-refractivity contribution in [1.82, 2.24) is 0 Å². The summed E-state index contributed by atoms with van der Waals surface area (Å²) < 4.78 is 42.5. The third-order valence-electron chi connectivity index (χ3n) is 5.43. The molecule has 0 atom stereocenters. The van der Waals surface area contributed by atoms with Gasteiger partial charge in [0.2, 0.25) is 0 Å². The van der Waals surface area contributed by atoms with E-state index in [4.69, 9.17) is 13.3 Å². The van der Waals surface area contributed by atoms with Crippen LogP contribution in [0.5, 0.6) is 11.5 Å². The number of amides is 1. The molecule has 5 rings (SSSR count). The molecule has 3 aromatic carbocycles. The standard InChI is InChI=1S/C26H19NO7S/c1-16-10-12-19(13-11-16)35(30,31)34-24-20-7-3-5-9-22(20)33-26(29)23(24)27-25(28)18-14-17-6-2-4-8-21(17)32-15-18/h2-14H,15H2,1H3,(H,27,28). The number of nitrogens with one attached hydrogen (secondary N) is 1. The molecule has 1 aliphatic rings. The smallest absolute Gasteiger partial charge is 0.364 e. The van der Waals surface area contributed by atoms with Gasteiger partial charge in [-0.1, -0.05) is 48.0 Å². The van der Waals surface area contributed by atoms with Crippen LogP contribution < -0.4 is 19.9 Å². The maximum Gasteiger partial charge on any atom is 0.364 e. The zero-order chi connectivity index (χ0) is 24.6. The molecule has 1 amide bonds. The van der Waals surface area contributed by atoms with Gasteiger partial charge >= 0.3 is 15.7 Å². The van der Waals surface area contributed by atoms with Crippen LogP contribution >= 0.6 is 0 Å². The Kier molecular flexibility index (Phi) is 5.62. The number of fused-ring (bicyclic) bond motifs is 2. The SMILES string of the molecule is Cc1ccc(S(=O)(=O)Oc2c(NC(=O)C3=Cc4ccccc4OC3)c(=O)oc3ccccc23)cc1. The van der Waals surface area contributed by atoms with Crippen molar-refractivity contribution in [3.63, 3.8) is 0 Å². The number of benzene rings is 3. The molecule has 4 aromatic rings. The van der Waals surface area contributed by atoms with Crippen LogP contribution in [0.25, 0.3) is 17.0 Å². The predicted molar refractivity (Wildman–Crippen MR) is 130 cm³/mol. The quantitative estimate of drug-likeness (QED) is 0.329. The molecule has 9 heteroatoms. The first-order valence-corrected chi connectivity index (χ1v) is 12.0. The third kappa shape index (κ3) is 4.41. The fourth-order valence-corrected chi connectivity index (χ4v) is 4.58. The van der Waals surface area contributed by atoms with Crippen LogP contribution in [-0.4, -0.2) is 20.9 Å². The van der Waals surface area contributed by atoms with Gasteiger partial charge in [-0.25, -0.2) is 4.79 Å². The molecule has 0 saturated carbocycles. The van der Waals surface area contributed by atoms with Crippen molar-refractivity contribution in [2.45, 2.75) is 11.8 Å². The molecule has 0 radical (unpaired) electrons. The second-order valence-corrected chi connectivity index (χ2v) is 9.44. The first-order valence-electron chi connectivity index (χ1n) is 10.6. The van der Waals surface area contributed by atoms with Crippen molar-refractivity contribution in [3.05, 3.63) is 99.9 Å². The lowest BCUT2D eigenvalue weighted by Crippen LogP contribution is -2.25. The molecule has 0 fully saturated rings. The van der Waals surface area contributed by atoms with E-state index in [0.717, 1.165) is 5.56 Å². The third-order valence-corrected chi connectivity index (χ3v) is 6.67. The number of hydrogen-bond acceptors (Lipinski definition) is 7. The molecule has 1 N–H and O–H groups in total. The highest BCUT2D eigenvalue weighted by Crippen LogP contribution is 2.34. The number of rotatable bonds is 5. The molecule has 0 spiro atoms. The molecular weight excluding hydrogens is 470 g/mol. The topological polar surface area (TPSA) is 112 Å². The summed E-state index contributed by atoms with van der Waals surface area (Å²) in [5, 5.41) is 2.68. The number of para-hydroxylation sites is 2. The van der Waals surface area contributed by atoms with Crippen molar-refractivity contribution in [1.29, 1.82) is 0 Å². The summed E-state index contributed by atoms with van der Waals surface area (Å²) in [5.41, 5.74) is 0.538. The fourth-order valence-electron chi connectivity index (χ4n) is 3.62. The largest absolute Gasteiger partial charge is 0.488 e. The first kappa shape index (κ1) is 22.4. The van der Waals surface area contributed by atoms with E-state index in [2.05, 4.69) is 5.32 Å². The molecule has 1 aromatic heterocycles. The van der Waals surface area contributed by atoms with Gasteiger partial charge in [0.1, 0.15) is 22.8 Å². The lowest BCUT2D eigenvalue weighted by Gasteiger charge is -2.18. The Hall–Kier alpha value is -4.37. The van der Waals surface area contributed by atoms with Crippen LogP contribution in [0, 0.1) is 6.92 Å². The lowest BCUT2D eigenvalue weighted by atomic mass is 10.1. The van der Waals surface area contributed by atoms with E-state index in [1.165, 1.54) is 24.3 Å². The molecule has 176 valence electrons. The summed E-state index contributed by atoms with van der Waals surface area (Å²) >= 11 is 0. The number of aryl methyl sites for hydroxylation is 1. The highest BCUT2D eigenvalue weighted by molar-refractivity contribution is 7.87. The minimum absolute atomic E-state index is 0.0282. The monoisotopic (exact) mass is 489 g/mol. The molecule has 0 bridgehead atoms. The zero-order valence-electron chi connectivity index (χ0n) is 18.5. The zero-order valence-corrected chi connectivity index (χ0v) is 19.3. The molecule has 8 nitrogen and oxygen atoms in total. The van der Waals surface area contributed by atoms with E-state index in [-0.39, 0.29) is 33.8 Å². The Morgan fingerprint density at radius 3 is 2.49 bits per heavy atom. The molecule has 2 heterocycles. The van der Waals surface area contributed by atoms with Gasteiger partial charge in [-0.05, 0) is 43.3 Å². The Morgan fingerprint density at radius 2 is 1.69 bits per heavy atom. The number of hydrogen-bond donors (Lipinski definition) is 1. The van der Waals surface area contributed by atoms with Crippen LogP contribution in [0.15, 0.2) is 92.5 Å². The van der Waals surface area contributed by atoms with E-state index in [9.17, 15) is 18.0 Å². The average molecular weight is 490 g/mol. The van der Waals surface area contributed by atoms with Crippen molar-refractivity contribution in [2.24, 2.45) is 0 Å². The minimum Gasteiger partial charge on any atom is -0.488 e. The number of carbonyl (C=O) groups is 1. The molecule has 0 saturated heterocycles. The summed E-state index contributed by atoms with van der Waals surface area (Å²) in [6, 6.07) is 19.5.